The van der Waals surface area contributed by atoms with Crippen LogP contribution < -0.4 is 0 Å². The molecule has 0 bridgehead atoms. The molecule has 0 amide bonds. The second-order valence-corrected chi connectivity index (χ2v) is 5.37. The van der Waals surface area contributed by atoms with Gasteiger partial charge in [-0.25, -0.2) is 4.39 Å². The zero-order valence-electron chi connectivity index (χ0n) is 12.7. The molecule has 0 saturated carbocycles. The molecule has 2 aromatic carbocycles. The van der Waals surface area contributed by atoms with Crippen molar-refractivity contribution in [2.45, 2.75) is 6.18 Å². The molecular formula is C17H13F4N3. The molecule has 0 N–H and O–H groups in total. The fourth-order valence-electron chi connectivity index (χ4n) is 2.49. The van der Waals surface area contributed by atoms with E-state index in [1.54, 1.807) is 24.2 Å². The monoisotopic (exact) mass is 335 g/mol. The second-order valence-electron chi connectivity index (χ2n) is 5.37. The van der Waals surface area contributed by atoms with Crippen LogP contribution in [0.25, 0.3) is 11.1 Å². The maximum atomic E-state index is 13.5. The molecule has 0 aliphatic carbocycles. The highest BCUT2D eigenvalue weighted by atomic mass is 19.4. The lowest BCUT2D eigenvalue weighted by Crippen LogP contribution is -2.31. The Morgan fingerprint density at radius 3 is 2.29 bits per heavy atom. The first-order valence-corrected chi connectivity index (χ1v) is 7.14. The quantitative estimate of drug-likeness (QED) is 0.756. The van der Waals surface area contributed by atoms with E-state index in [4.69, 9.17) is 0 Å². The summed E-state index contributed by atoms with van der Waals surface area (Å²) in [7, 11) is 1.73. The number of benzene rings is 2. The zero-order chi connectivity index (χ0) is 17.3. The van der Waals surface area contributed by atoms with Crippen LogP contribution in [-0.2, 0) is 6.18 Å². The molecule has 124 valence electrons. The average Bonchev–Trinajstić information content (AvgIpc) is 2.55. The summed E-state index contributed by atoms with van der Waals surface area (Å²) in [6, 6.07) is 8.91. The van der Waals surface area contributed by atoms with Crippen molar-refractivity contribution in [3.05, 3.63) is 59.4 Å². The minimum Gasteiger partial charge on any atom is -0.352 e. The highest BCUT2D eigenvalue weighted by molar-refractivity contribution is 6.01. The van der Waals surface area contributed by atoms with Gasteiger partial charge in [0.1, 0.15) is 5.82 Å². The van der Waals surface area contributed by atoms with Crippen LogP contribution in [0, 0.1) is 5.82 Å². The van der Waals surface area contributed by atoms with Gasteiger partial charge in [-0.15, -0.1) is 5.10 Å². The third-order valence-electron chi connectivity index (χ3n) is 3.69. The van der Waals surface area contributed by atoms with Crippen LogP contribution in [0.4, 0.5) is 17.6 Å². The van der Waals surface area contributed by atoms with E-state index in [9.17, 15) is 17.6 Å². The van der Waals surface area contributed by atoms with Crippen LogP contribution in [0.15, 0.2) is 52.7 Å². The molecule has 0 fully saturated rings. The van der Waals surface area contributed by atoms with Crippen LogP contribution in [0.2, 0.25) is 0 Å². The molecule has 0 aromatic heterocycles. The molecular weight excluding hydrogens is 322 g/mol. The zero-order valence-corrected chi connectivity index (χ0v) is 12.7. The lowest BCUT2D eigenvalue weighted by Gasteiger charge is -2.22. The predicted molar refractivity (Wildman–Crippen MR) is 84.5 cm³/mol. The van der Waals surface area contributed by atoms with Crippen molar-refractivity contribution in [1.82, 2.24) is 4.90 Å². The topological polar surface area (TPSA) is 28.0 Å². The minimum absolute atomic E-state index is 0.00573. The van der Waals surface area contributed by atoms with Gasteiger partial charge in [0.2, 0.25) is 0 Å². The number of hydrogen-bond donors (Lipinski definition) is 0. The van der Waals surface area contributed by atoms with E-state index in [2.05, 4.69) is 10.2 Å². The highest BCUT2D eigenvalue weighted by Gasteiger charge is 2.34. The van der Waals surface area contributed by atoms with Gasteiger partial charge < -0.3 is 4.90 Å². The van der Waals surface area contributed by atoms with Crippen molar-refractivity contribution in [1.29, 1.82) is 0 Å². The van der Waals surface area contributed by atoms with Crippen molar-refractivity contribution < 1.29 is 17.6 Å². The van der Waals surface area contributed by atoms with E-state index < -0.39 is 17.6 Å². The van der Waals surface area contributed by atoms with Crippen LogP contribution in [0.5, 0.6) is 0 Å². The molecule has 1 aliphatic rings. The van der Waals surface area contributed by atoms with Gasteiger partial charge in [-0.1, -0.05) is 24.3 Å². The SMILES string of the molecule is CN1CC=NN=C1c1ccc(-c2ccc(F)cc2)c(C(F)(F)F)c1. The Hall–Kier alpha value is -2.70. The van der Waals surface area contributed by atoms with Crippen LogP contribution >= 0.6 is 0 Å². The molecule has 0 spiro atoms. The maximum absolute atomic E-state index is 13.5. The number of rotatable bonds is 2. The van der Waals surface area contributed by atoms with E-state index in [1.165, 1.54) is 18.2 Å². The summed E-state index contributed by atoms with van der Waals surface area (Å²) in [4.78, 5) is 1.71. The van der Waals surface area contributed by atoms with Crippen LogP contribution in [0.3, 0.4) is 0 Å². The van der Waals surface area contributed by atoms with E-state index in [-0.39, 0.29) is 5.56 Å². The van der Waals surface area contributed by atoms with Crippen molar-refractivity contribution in [2.24, 2.45) is 10.2 Å². The average molecular weight is 335 g/mol. The van der Waals surface area contributed by atoms with Crippen LogP contribution in [-0.4, -0.2) is 30.5 Å². The molecule has 0 unspecified atom stereocenters. The van der Waals surface area contributed by atoms with Crippen LogP contribution in [0.1, 0.15) is 11.1 Å². The first-order chi connectivity index (χ1) is 11.4. The molecule has 24 heavy (non-hydrogen) atoms. The molecule has 3 nitrogen and oxygen atoms in total. The normalized spacial score (nSPS) is 14.7. The third kappa shape index (κ3) is 3.15. The molecule has 3 rings (SSSR count). The summed E-state index contributed by atoms with van der Waals surface area (Å²) in [5.41, 5.74) is -0.175. The Labute approximate surface area is 135 Å². The van der Waals surface area contributed by atoms with Crippen molar-refractivity contribution in [3.8, 4) is 11.1 Å². The summed E-state index contributed by atoms with van der Waals surface area (Å²) in [5, 5.41) is 7.68. The molecule has 0 atom stereocenters. The Balaban J connectivity index is 2.13. The van der Waals surface area contributed by atoms with Gasteiger partial charge in [0.05, 0.1) is 12.1 Å². The highest BCUT2D eigenvalue weighted by Crippen LogP contribution is 2.38. The van der Waals surface area contributed by atoms with E-state index in [0.29, 0.717) is 23.5 Å². The fraction of sp³-hybridized carbons (Fsp3) is 0.176. The van der Waals surface area contributed by atoms with Crippen molar-refractivity contribution in [3.63, 3.8) is 0 Å². The summed E-state index contributed by atoms with van der Waals surface area (Å²) < 4.78 is 53.5. The number of nitrogens with zero attached hydrogens (tertiary/aromatic N) is 3. The van der Waals surface area contributed by atoms with Gasteiger partial charge in [0.15, 0.2) is 5.84 Å². The number of alkyl halides is 3. The predicted octanol–water partition coefficient (Wildman–Crippen LogP) is 4.19. The molecule has 0 saturated heterocycles. The Morgan fingerprint density at radius 2 is 1.67 bits per heavy atom. The van der Waals surface area contributed by atoms with E-state index in [1.807, 2.05) is 0 Å². The lowest BCUT2D eigenvalue weighted by atomic mass is 9.96. The van der Waals surface area contributed by atoms with Gasteiger partial charge in [0.25, 0.3) is 0 Å². The molecule has 1 heterocycles. The molecule has 7 heteroatoms. The van der Waals surface area contributed by atoms with Gasteiger partial charge in [-0.3, -0.25) is 0 Å². The number of hydrogen-bond acceptors (Lipinski definition) is 3. The third-order valence-corrected chi connectivity index (χ3v) is 3.69. The number of amidine groups is 1. The van der Waals surface area contributed by atoms with Crippen molar-refractivity contribution >= 4 is 12.1 Å². The molecule has 1 aliphatic heterocycles. The molecule has 2 aromatic rings. The summed E-state index contributed by atoms with van der Waals surface area (Å²) in [5.74, 6) is -0.131. The first-order valence-electron chi connectivity index (χ1n) is 7.14. The van der Waals surface area contributed by atoms with E-state index >= 15 is 0 Å². The standard InChI is InChI=1S/C17H13F4N3/c1-24-9-8-22-23-16(24)12-4-7-14(15(10-12)17(19,20)21)11-2-5-13(18)6-3-11/h2-8,10H,9H2,1H3. The van der Waals surface area contributed by atoms with Crippen molar-refractivity contribution in [2.75, 3.05) is 13.6 Å². The maximum Gasteiger partial charge on any atom is 0.417 e. The largest absolute Gasteiger partial charge is 0.417 e. The Bertz CT molecular complexity index is 808. The van der Waals surface area contributed by atoms with E-state index in [0.717, 1.165) is 18.2 Å². The van der Waals surface area contributed by atoms with Gasteiger partial charge in [0, 0.05) is 18.8 Å². The molecule has 0 radical (unpaired) electrons. The minimum atomic E-state index is -4.54. The van der Waals surface area contributed by atoms with Gasteiger partial charge in [-0.05, 0) is 29.3 Å². The Morgan fingerprint density at radius 1 is 1.00 bits per heavy atom. The van der Waals surface area contributed by atoms with Gasteiger partial charge >= 0.3 is 6.18 Å². The summed E-state index contributed by atoms with van der Waals surface area (Å²) >= 11 is 0. The van der Waals surface area contributed by atoms with Gasteiger partial charge in [-0.2, -0.15) is 18.3 Å². The Kier molecular flexibility index (Phi) is 4.09. The summed E-state index contributed by atoms with van der Waals surface area (Å²) in [6.45, 7) is 0.472. The smallest absolute Gasteiger partial charge is 0.352 e. The first kappa shape index (κ1) is 16.2. The summed E-state index contributed by atoms with van der Waals surface area (Å²) in [6.07, 6.45) is -2.97. The number of halogens is 4. The second kappa shape index (κ2) is 6.07. The lowest BCUT2D eigenvalue weighted by molar-refractivity contribution is -0.137. The fourth-order valence-corrected chi connectivity index (χ4v) is 2.49.